The van der Waals surface area contributed by atoms with Gasteiger partial charge in [-0.15, -0.1) is 0 Å². The number of halogens is 1. The van der Waals surface area contributed by atoms with Gasteiger partial charge in [-0.1, -0.05) is 35.0 Å². The lowest BCUT2D eigenvalue weighted by molar-refractivity contribution is 0.561. The molecule has 1 aromatic carbocycles. The van der Waals surface area contributed by atoms with E-state index in [0.717, 1.165) is 4.47 Å². The molecule has 96 valence electrons. The van der Waals surface area contributed by atoms with Crippen LogP contribution in [0.25, 0.3) is 0 Å². The first-order valence-electron chi connectivity index (χ1n) is 5.97. The molecule has 0 N–H and O–H groups in total. The average molecular weight is 325 g/mol. The monoisotopic (exact) mass is 324 g/mol. The van der Waals surface area contributed by atoms with Crippen molar-refractivity contribution in [3.8, 4) is 24.3 Å². The summed E-state index contributed by atoms with van der Waals surface area (Å²) in [5.74, 6) is 0. The van der Waals surface area contributed by atoms with Crippen LogP contribution in [0.2, 0.25) is 0 Å². The molecule has 0 unspecified atom stereocenters. The van der Waals surface area contributed by atoms with Crippen LogP contribution in [-0.2, 0) is 5.41 Å². The summed E-state index contributed by atoms with van der Waals surface area (Å²) in [6, 6.07) is 14.8. The van der Waals surface area contributed by atoms with E-state index in [-0.39, 0.29) is 0 Å². The molecule has 0 radical (unpaired) electrons. The number of rotatable bonds is 2. The van der Waals surface area contributed by atoms with Crippen molar-refractivity contribution in [2.24, 2.45) is 10.8 Å². The molecule has 0 heterocycles. The van der Waals surface area contributed by atoms with E-state index in [1.165, 1.54) is 0 Å². The molecule has 0 bridgehead atoms. The molecular weight excluding hydrogens is 316 g/mol. The quantitative estimate of drug-likeness (QED) is 0.834. The molecule has 1 aliphatic rings. The minimum Gasteiger partial charge on any atom is -0.196 e. The first-order chi connectivity index (χ1) is 9.55. The van der Waals surface area contributed by atoms with Gasteiger partial charge in [0.25, 0.3) is 0 Å². The summed E-state index contributed by atoms with van der Waals surface area (Å²) in [6.45, 7) is 1.79. The third-order valence-electron chi connectivity index (χ3n) is 4.32. The van der Waals surface area contributed by atoms with Crippen LogP contribution in [0.1, 0.15) is 18.9 Å². The van der Waals surface area contributed by atoms with E-state index in [4.69, 9.17) is 0 Å². The highest BCUT2D eigenvalue weighted by molar-refractivity contribution is 9.10. The van der Waals surface area contributed by atoms with E-state index < -0.39 is 16.2 Å². The number of benzene rings is 1. The fourth-order valence-corrected chi connectivity index (χ4v) is 3.56. The van der Waals surface area contributed by atoms with E-state index in [2.05, 4.69) is 15.9 Å². The Hall–Kier alpha value is -2.34. The molecule has 2 rings (SSSR count). The number of hydrogen-bond acceptors (Lipinski definition) is 4. The minimum absolute atomic E-state index is 0.372. The van der Waals surface area contributed by atoms with E-state index in [1.807, 2.05) is 24.3 Å². The van der Waals surface area contributed by atoms with Gasteiger partial charge in [0.2, 0.25) is 0 Å². The average Bonchev–Trinajstić information content (AvgIpc) is 3.04. The molecule has 1 saturated carbocycles. The maximum Gasteiger partial charge on any atom is 0.188 e. The molecule has 4 nitrogen and oxygen atoms in total. The Bertz CT molecular complexity index is 656. The summed E-state index contributed by atoms with van der Waals surface area (Å²) in [6.07, 6.45) is 0.372. The van der Waals surface area contributed by atoms with Crippen LogP contribution in [0, 0.1) is 56.2 Å². The van der Waals surface area contributed by atoms with Gasteiger partial charge in [-0.25, -0.2) is 0 Å². The van der Waals surface area contributed by atoms with Gasteiger partial charge < -0.3 is 0 Å². The summed E-state index contributed by atoms with van der Waals surface area (Å²) in [7, 11) is 0. The predicted octanol–water partition coefficient (Wildman–Crippen LogP) is 3.18. The zero-order valence-electron chi connectivity index (χ0n) is 10.7. The third-order valence-corrected chi connectivity index (χ3v) is 4.85. The molecule has 0 aromatic heterocycles. The van der Waals surface area contributed by atoms with Crippen LogP contribution < -0.4 is 0 Å². The van der Waals surface area contributed by atoms with Crippen molar-refractivity contribution in [1.29, 1.82) is 21.0 Å². The lowest BCUT2D eigenvalue weighted by Crippen LogP contribution is -2.17. The fourth-order valence-electron chi connectivity index (χ4n) is 3.30. The van der Waals surface area contributed by atoms with Crippen molar-refractivity contribution in [2.75, 3.05) is 0 Å². The maximum absolute atomic E-state index is 9.45. The van der Waals surface area contributed by atoms with Crippen LogP contribution in [-0.4, -0.2) is 0 Å². The third kappa shape index (κ3) is 1.17. The summed E-state index contributed by atoms with van der Waals surface area (Å²) < 4.78 is 0.854. The minimum atomic E-state index is -1.62. The summed E-state index contributed by atoms with van der Waals surface area (Å²) >= 11 is 3.32. The standard InChI is InChI=1S/C15H9BrN4/c1-2-15(11-3-5-12(16)6-4-11)13(7-17,8-18)14(15,9-19)10-20/h3-6H,2H2,1H3. The predicted molar refractivity (Wildman–Crippen MR) is 73.4 cm³/mol. The van der Waals surface area contributed by atoms with Gasteiger partial charge in [0.15, 0.2) is 10.8 Å². The zero-order chi connectivity index (χ0) is 15.0. The van der Waals surface area contributed by atoms with Gasteiger partial charge in [-0.2, -0.15) is 21.0 Å². The number of hydrogen-bond donors (Lipinski definition) is 0. The van der Waals surface area contributed by atoms with Gasteiger partial charge >= 0.3 is 0 Å². The van der Waals surface area contributed by atoms with Crippen LogP contribution >= 0.6 is 15.9 Å². The van der Waals surface area contributed by atoms with Gasteiger partial charge in [0, 0.05) is 4.47 Å². The Morgan fingerprint density at radius 2 is 1.30 bits per heavy atom. The number of nitrogens with zero attached hydrogens (tertiary/aromatic N) is 4. The second-order valence-electron chi connectivity index (χ2n) is 4.71. The maximum atomic E-state index is 9.45. The van der Waals surface area contributed by atoms with E-state index in [0.29, 0.717) is 12.0 Å². The molecular formula is C15H9BrN4. The topological polar surface area (TPSA) is 95.2 Å². The van der Waals surface area contributed by atoms with Crippen molar-refractivity contribution >= 4 is 15.9 Å². The smallest absolute Gasteiger partial charge is 0.188 e. The van der Waals surface area contributed by atoms with Crippen molar-refractivity contribution < 1.29 is 0 Å². The van der Waals surface area contributed by atoms with Crippen molar-refractivity contribution in [3.05, 3.63) is 34.3 Å². The fraction of sp³-hybridized carbons (Fsp3) is 0.333. The molecule has 0 spiro atoms. The largest absolute Gasteiger partial charge is 0.196 e. The first-order valence-corrected chi connectivity index (χ1v) is 6.76. The Labute approximate surface area is 125 Å². The zero-order valence-corrected chi connectivity index (χ0v) is 12.3. The highest BCUT2D eigenvalue weighted by atomic mass is 79.9. The highest BCUT2D eigenvalue weighted by Gasteiger charge is 2.91. The molecule has 5 heteroatoms. The molecule has 0 saturated heterocycles. The Kier molecular flexibility index (Phi) is 3.06. The second kappa shape index (κ2) is 4.35. The van der Waals surface area contributed by atoms with Gasteiger partial charge in [-0.05, 0) is 24.1 Å². The Morgan fingerprint density at radius 3 is 1.60 bits per heavy atom. The Morgan fingerprint density at radius 1 is 0.900 bits per heavy atom. The molecule has 20 heavy (non-hydrogen) atoms. The van der Waals surface area contributed by atoms with Crippen LogP contribution in [0.3, 0.4) is 0 Å². The van der Waals surface area contributed by atoms with Crippen LogP contribution in [0.15, 0.2) is 28.7 Å². The summed E-state index contributed by atoms with van der Waals surface area (Å²) in [5, 5.41) is 37.8. The summed E-state index contributed by atoms with van der Waals surface area (Å²) in [4.78, 5) is 0. The molecule has 0 atom stereocenters. The van der Waals surface area contributed by atoms with Crippen LogP contribution in [0.5, 0.6) is 0 Å². The normalized spacial score (nSPS) is 19.7. The SMILES string of the molecule is CCC1(c2ccc(Br)cc2)C(C#N)(C#N)C1(C#N)C#N. The summed E-state index contributed by atoms with van der Waals surface area (Å²) in [5.41, 5.74) is -3.62. The molecule has 0 aliphatic heterocycles. The van der Waals surface area contributed by atoms with Gasteiger partial charge in [0.05, 0.1) is 29.7 Å². The number of nitriles is 4. The molecule has 1 aromatic rings. The molecule has 1 fully saturated rings. The van der Waals surface area contributed by atoms with Crippen molar-refractivity contribution in [3.63, 3.8) is 0 Å². The van der Waals surface area contributed by atoms with E-state index in [1.54, 1.807) is 31.2 Å². The van der Waals surface area contributed by atoms with E-state index >= 15 is 0 Å². The second-order valence-corrected chi connectivity index (χ2v) is 5.63. The van der Waals surface area contributed by atoms with Crippen LogP contribution in [0.4, 0.5) is 0 Å². The van der Waals surface area contributed by atoms with Crippen molar-refractivity contribution in [1.82, 2.24) is 0 Å². The lowest BCUT2D eigenvalue weighted by Gasteiger charge is -2.16. The van der Waals surface area contributed by atoms with Crippen molar-refractivity contribution in [2.45, 2.75) is 18.8 Å². The lowest BCUT2D eigenvalue weighted by atomic mass is 9.83. The van der Waals surface area contributed by atoms with Gasteiger partial charge in [0.1, 0.15) is 0 Å². The highest BCUT2D eigenvalue weighted by Crippen LogP contribution is 2.79. The Balaban J connectivity index is 2.79. The molecule has 1 aliphatic carbocycles. The van der Waals surface area contributed by atoms with Gasteiger partial charge in [-0.3, -0.25) is 0 Å². The first kappa shape index (κ1) is 14.1. The van der Waals surface area contributed by atoms with E-state index in [9.17, 15) is 21.0 Å². The molecule has 0 amide bonds.